The van der Waals surface area contributed by atoms with Crippen molar-refractivity contribution in [2.45, 2.75) is 12.6 Å². The molecule has 0 aliphatic rings. The van der Waals surface area contributed by atoms with Crippen LogP contribution in [0.1, 0.15) is 16.1 Å². The van der Waals surface area contributed by atoms with Crippen LogP contribution in [0.3, 0.4) is 0 Å². The molecule has 3 aromatic carbocycles. The highest BCUT2D eigenvalue weighted by Crippen LogP contribution is 2.24. The van der Waals surface area contributed by atoms with E-state index in [2.05, 4.69) is 10.6 Å². The Kier molecular flexibility index (Phi) is 7.74. The molecule has 1 amide bonds. The second-order valence-electron chi connectivity index (χ2n) is 7.94. The molecule has 0 bridgehead atoms. The number of aromatic nitrogens is 1. The van der Waals surface area contributed by atoms with Gasteiger partial charge in [0.15, 0.2) is 6.10 Å². The molecule has 4 aromatic rings. The van der Waals surface area contributed by atoms with Crippen molar-refractivity contribution in [1.29, 1.82) is 0 Å². The second kappa shape index (κ2) is 11.1. The van der Waals surface area contributed by atoms with Crippen molar-refractivity contribution in [3.05, 3.63) is 101 Å². The molecule has 8 nitrogen and oxygen atoms in total. The van der Waals surface area contributed by atoms with Crippen LogP contribution < -0.4 is 5.43 Å². The van der Waals surface area contributed by atoms with Crippen molar-refractivity contribution in [3.8, 4) is 22.4 Å². The van der Waals surface area contributed by atoms with Crippen LogP contribution in [0.4, 0.5) is 4.39 Å². The molecule has 1 heterocycles. The van der Waals surface area contributed by atoms with Crippen LogP contribution in [-0.4, -0.2) is 44.9 Å². The van der Waals surface area contributed by atoms with Crippen molar-refractivity contribution < 1.29 is 28.7 Å². The van der Waals surface area contributed by atoms with Crippen LogP contribution in [0.2, 0.25) is 5.02 Å². The summed E-state index contributed by atoms with van der Waals surface area (Å²) in [4.78, 5) is 24.0. The predicted molar refractivity (Wildman–Crippen MR) is 130 cm³/mol. The Morgan fingerprint density at radius 3 is 2.47 bits per heavy atom. The Bertz CT molecular complexity index is 1380. The number of carboxylic acid groups (broad SMARTS) is 1. The summed E-state index contributed by atoms with van der Waals surface area (Å²) in [6.07, 6.45) is -1.75. The number of carbonyl (C=O) groups excluding carboxylic acids is 1. The third-order valence-corrected chi connectivity index (χ3v) is 5.54. The number of carboxylic acids is 1. The maximum absolute atomic E-state index is 14.0. The number of benzene rings is 3. The SMILES string of the molecule is O=C(NN(Cc1ccc(-c2cccc(Cl)c2)cc1)C[C@@H](O)C(=O)O)c1cc(-c2ccccc2F)no1. The number of hydrogen-bond donors (Lipinski definition) is 3. The van der Waals surface area contributed by atoms with Gasteiger partial charge in [-0.25, -0.2) is 14.2 Å². The van der Waals surface area contributed by atoms with E-state index in [0.29, 0.717) is 5.02 Å². The van der Waals surface area contributed by atoms with Crippen LogP contribution in [0.15, 0.2) is 83.4 Å². The molecule has 3 N–H and O–H groups in total. The summed E-state index contributed by atoms with van der Waals surface area (Å²) < 4.78 is 19.1. The van der Waals surface area contributed by atoms with E-state index >= 15 is 0 Å². The fraction of sp³-hybridized carbons (Fsp3) is 0.115. The van der Waals surface area contributed by atoms with E-state index in [-0.39, 0.29) is 23.6 Å². The van der Waals surface area contributed by atoms with Gasteiger partial charge in [0, 0.05) is 23.2 Å². The zero-order valence-corrected chi connectivity index (χ0v) is 19.5. The summed E-state index contributed by atoms with van der Waals surface area (Å²) in [6.45, 7) is -0.314. The number of halogens is 2. The van der Waals surface area contributed by atoms with E-state index < -0.39 is 30.3 Å². The predicted octanol–water partition coefficient (Wildman–Crippen LogP) is 4.39. The normalized spacial score (nSPS) is 11.9. The molecule has 0 aliphatic carbocycles. The van der Waals surface area contributed by atoms with E-state index in [1.165, 1.54) is 29.3 Å². The van der Waals surface area contributed by atoms with Crippen LogP contribution in [0.5, 0.6) is 0 Å². The molecule has 1 atom stereocenters. The molecule has 184 valence electrons. The molecule has 36 heavy (non-hydrogen) atoms. The standard InChI is InChI=1S/C26H21ClFN3O5/c27-19-5-3-4-18(12-19)17-10-8-16(9-11-17)14-31(15-23(32)26(34)35)29-25(33)24-13-22(30-36-24)20-6-1-2-7-21(20)28/h1-13,23,32H,14-15H2,(H,29,33)(H,34,35)/t23-/m1/s1. The Labute approximate surface area is 210 Å². The number of aliphatic carboxylic acids is 1. The lowest BCUT2D eigenvalue weighted by Gasteiger charge is -2.24. The highest BCUT2D eigenvalue weighted by molar-refractivity contribution is 6.30. The van der Waals surface area contributed by atoms with Crippen LogP contribution >= 0.6 is 11.6 Å². The number of aliphatic hydroxyl groups excluding tert-OH is 1. The number of hydrazine groups is 1. The number of nitrogens with one attached hydrogen (secondary N) is 1. The van der Waals surface area contributed by atoms with Gasteiger partial charge >= 0.3 is 11.9 Å². The van der Waals surface area contributed by atoms with Crippen LogP contribution in [0, 0.1) is 5.82 Å². The Hall–Kier alpha value is -4.05. The van der Waals surface area contributed by atoms with Crippen molar-refractivity contribution in [3.63, 3.8) is 0 Å². The smallest absolute Gasteiger partial charge is 0.333 e. The largest absolute Gasteiger partial charge is 0.479 e. The Morgan fingerprint density at radius 1 is 1.03 bits per heavy atom. The summed E-state index contributed by atoms with van der Waals surface area (Å²) in [7, 11) is 0. The van der Waals surface area contributed by atoms with E-state index in [0.717, 1.165) is 16.7 Å². The maximum atomic E-state index is 14.0. The number of carbonyl (C=O) groups is 2. The van der Waals surface area contributed by atoms with Crippen molar-refractivity contribution in [2.24, 2.45) is 0 Å². The van der Waals surface area contributed by atoms with Gasteiger partial charge in [0.05, 0.1) is 6.54 Å². The van der Waals surface area contributed by atoms with Crippen molar-refractivity contribution in [1.82, 2.24) is 15.6 Å². The summed E-state index contributed by atoms with van der Waals surface area (Å²) in [5.74, 6) is -2.91. The number of hydrogen-bond acceptors (Lipinski definition) is 6. The minimum atomic E-state index is -1.75. The van der Waals surface area contributed by atoms with Gasteiger partial charge in [0.25, 0.3) is 0 Å². The first-order chi connectivity index (χ1) is 17.3. The molecular formula is C26H21ClFN3O5. The first kappa shape index (κ1) is 25.1. The average molecular weight is 510 g/mol. The molecule has 0 spiro atoms. The Balaban J connectivity index is 1.50. The topological polar surface area (TPSA) is 116 Å². The quantitative estimate of drug-likeness (QED) is 0.286. The van der Waals surface area contributed by atoms with Gasteiger partial charge in [-0.1, -0.05) is 65.3 Å². The zero-order chi connectivity index (χ0) is 25.7. The zero-order valence-electron chi connectivity index (χ0n) is 18.8. The molecule has 0 fully saturated rings. The second-order valence-corrected chi connectivity index (χ2v) is 8.38. The lowest BCUT2D eigenvalue weighted by Crippen LogP contribution is -2.47. The van der Waals surface area contributed by atoms with Crippen molar-refractivity contribution >= 4 is 23.5 Å². The lowest BCUT2D eigenvalue weighted by molar-refractivity contribution is -0.148. The number of nitrogens with zero attached hydrogens (tertiary/aromatic N) is 2. The van der Waals surface area contributed by atoms with Gasteiger partial charge in [-0.15, -0.1) is 0 Å². The van der Waals surface area contributed by atoms with E-state index in [1.54, 1.807) is 12.1 Å². The van der Waals surface area contributed by atoms with Gasteiger partial charge < -0.3 is 14.7 Å². The molecule has 10 heteroatoms. The van der Waals surface area contributed by atoms with E-state index in [1.807, 2.05) is 42.5 Å². The van der Waals surface area contributed by atoms with Gasteiger partial charge in [-0.2, -0.15) is 0 Å². The maximum Gasteiger partial charge on any atom is 0.333 e. The monoisotopic (exact) mass is 509 g/mol. The third kappa shape index (κ3) is 6.14. The fourth-order valence-corrected chi connectivity index (χ4v) is 3.69. The molecule has 0 saturated carbocycles. The van der Waals surface area contributed by atoms with Gasteiger partial charge in [-0.3, -0.25) is 10.2 Å². The van der Waals surface area contributed by atoms with Crippen LogP contribution in [-0.2, 0) is 11.3 Å². The average Bonchev–Trinajstić information content (AvgIpc) is 3.35. The molecule has 0 unspecified atom stereocenters. The van der Waals surface area contributed by atoms with Crippen LogP contribution in [0.25, 0.3) is 22.4 Å². The minimum Gasteiger partial charge on any atom is -0.479 e. The fourth-order valence-electron chi connectivity index (χ4n) is 3.50. The van der Waals surface area contributed by atoms with Gasteiger partial charge in [-0.05, 0) is 41.0 Å². The molecule has 0 saturated heterocycles. The minimum absolute atomic E-state index is 0.0835. The summed E-state index contributed by atoms with van der Waals surface area (Å²) in [5, 5.41) is 24.6. The highest BCUT2D eigenvalue weighted by Gasteiger charge is 2.23. The summed E-state index contributed by atoms with van der Waals surface area (Å²) >= 11 is 6.06. The lowest BCUT2D eigenvalue weighted by atomic mass is 10.0. The summed E-state index contributed by atoms with van der Waals surface area (Å²) in [6, 6.07) is 21.9. The number of amides is 1. The Morgan fingerprint density at radius 2 is 1.78 bits per heavy atom. The summed E-state index contributed by atoms with van der Waals surface area (Å²) in [5.41, 5.74) is 5.41. The molecule has 0 radical (unpaired) electrons. The van der Waals surface area contributed by atoms with Gasteiger partial charge in [0.2, 0.25) is 5.76 Å². The van der Waals surface area contributed by atoms with Gasteiger partial charge in [0.1, 0.15) is 11.5 Å². The third-order valence-electron chi connectivity index (χ3n) is 5.31. The van der Waals surface area contributed by atoms with Crippen molar-refractivity contribution in [2.75, 3.05) is 6.54 Å². The molecule has 1 aromatic heterocycles. The van der Waals surface area contributed by atoms with E-state index in [4.69, 9.17) is 21.2 Å². The molecule has 4 rings (SSSR count). The molecular weight excluding hydrogens is 489 g/mol. The number of aliphatic hydroxyl groups is 1. The first-order valence-corrected chi connectivity index (χ1v) is 11.2. The molecule has 0 aliphatic heterocycles. The first-order valence-electron chi connectivity index (χ1n) is 10.8. The number of rotatable bonds is 9. The van der Waals surface area contributed by atoms with E-state index in [9.17, 15) is 19.1 Å². The highest BCUT2D eigenvalue weighted by atomic mass is 35.5.